The second-order valence-corrected chi connectivity index (χ2v) is 9.55. The standard InChI is InChI=1S/C20H32O2/c1-12-10-14-15-4-5-18(22)20(15,3)9-7-16(14)19(2)8-6-13(21)11-17(12)19/h12-17,21H,4-11H2,1-3H3/t12-,13?,14-,15-,16-,17+,19+,20-/m0/s1. The van der Waals surface area contributed by atoms with Crippen LogP contribution < -0.4 is 0 Å². The number of rotatable bonds is 0. The lowest BCUT2D eigenvalue weighted by Gasteiger charge is -2.62. The Balaban J connectivity index is 1.68. The fraction of sp³-hybridized carbons (Fsp3) is 0.950. The molecular weight excluding hydrogens is 272 g/mol. The maximum absolute atomic E-state index is 12.5. The zero-order valence-electron chi connectivity index (χ0n) is 14.5. The van der Waals surface area contributed by atoms with Crippen LogP contribution in [0.2, 0.25) is 0 Å². The van der Waals surface area contributed by atoms with Crippen LogP contribution in [0, 0.1) is 40.4 Å². The summed E-state index contributed by atoms with van der Waals surface area (Å²) in [6, 6.07) is 0. The predicted molar refractivity (Wildman–Crippen MR) is 87.3 cm³/mol. The first-order valence-electron chi connectivity index (χ1n) is 9.57. The van der Waals surface area contributed by atoms with Gasteiger partial charge in [-0.3, -0.25) is 4.79 Å². The van der Waals surface area contributed by atoms with Gasteiger partial charge in [-0.15, -0.1) is 0 Å². The molecule has 4 saturated carbocycles. The molecule has 4 fully saturated rings. The van der Waals surface area contributed by atoms with Crippen molar-refractivity contribution >= 4 is 5.78 Å². The molecule has 0 aromatic heterocycles. The number of aliphatic hydroxyl groups excluding tert-OH is 1. The van der Waals surface area contributed by atoms with Crippen LogP contribution in [-0.4, -0.2) is 17.0 Å². The second-order valence-electron chi connectivity index (χ2n) is 9.55. The van der Waals surface area contributed by atoms with Gasteiger partial charge in [0.2, 0.25) is 0 Å². The number of aliphatic hydroxyl groups is 1. The van der Waals surface area contributed by atoms with Gasteiger partial charge in [-0.25, -0.2) is 0 Å². The molecule has 2 nitrogen and oxygen atoms in total. The SMILES string of the molecule is C[C@H]1C[C@@H]2[C@H](CC[C@]3(C)C(=O)CC[C@@H]23)[C@@]2(C)CCC(O)C[C@H]12. The summed E-state index contributed by atoms with van der Waals surface area (Å²) in [6.07, 6.45) is 8.78. The molecule has 0 aromatic rings. The van der Waals surface area contributed by atoms with Crippen molar-refractivity contribution in [3.8, 4) is 0 Å². The number of Topliss-reactive ketones (excluding diaryl/α,β-unsaturated/α-hetero) is 1. The van der Waals surface area contributed by atoms with Crippen molar-refractivity contribution in [1.82, 2.24) is 0 Å². The Morgan fingerprint density at radius 1 is 1.00 bits per heavy atom. The van der Waals surface area contributed by atoms with Gasteiger partial charge in [0, 0.05) is 11.8 Å². The van der Waals surface area contributed by atoms with Crippen LogP contribution in [0.3, 0.4) is 0 Å². The molecule has 2 heteroatoms. The zero-order chi connectivity index (χ0) is 15.7. The van der Waals surface area contributed by atoms with Gasteiger partial charge in [0.15, 0.2) is 0 Å². The molecule has 0 bridgehead atoms. The summed E-state index contributed by atoms with van der Waals surface area (Å²) in [5, 5.41) is 10.2. The normalized spacial score (nSPS) is 57.9. The van der Waals surface area contributed by atoms with E-state index in [4.69, 9.17) is 0 Å². The topological polar surface area (TPSA) is 37.3 Å². The molecule has 0 aliphatic heterocycles. The summed E-state index contributed by atoms with van der Waals surface area (Å²) in [5.74, 6) is 4.15. The molecular formula is C20H32O2. The molecule has 8 atom stereocenters. The third-order valence-corrected chi connectivity index (χ3v) is 8.71. The highest BCUT2D eigenvalue weighted by atomic mass is 16.3. The van der Waals surface area contributed by atoms with Gasteiger partial charge < -0.3 is 5.11 Å². The number of hydrogen-bond acceptors (Lipinski definition) is 2. The van der Waals surface area contributed by atoms with E-state index in [0.717, 1.165) is 43.9 Å². The van der Waals surface area contributed by atoms with Crippen LogP contribution in [0.25, 0.3) is 0 Å². The predicted octanol–water partition coefficient (Wildman–Crippen LogP) is 4.21. The quantitative estimate of drug-likeness (QED) is 0.728. The van der Waals surface area contributed by atoms with Crippen LogP contribution in [-0.2, 0) is 4.79 Å². The molecule has 0 amide bonds. The van der Waals surface area contributed by atoms with Gasteiger partial charge in [-0.05, 0) is 80.0 Å². The number of carbonyl (C=O) groups excluding carboxylic acids is 1. The molecule has 0 spiro atoms. The summed E-state index contributed by atoms with van der Waals surface area (Å²) in [7, 11) is 0. The van der Waals surface area contributed by atoms with Gasteiger partial charge in [0.05, 0.1) is 6.10 Å². The van der Waals surface area contributed by atoms with Crippen molar-refractivity contribution < 1.29 is 9.90 Å². The maximum Gasteiger partial charge on any atom is 0.139 e. The summed E-state index contributed by atoms with van der Waals surface area (Å²) in [5.41, 5.74) is 0.410. The van der Waals surface area contributed by atoms with Crippen molar-refractivity contribution in [3.63, 3.8) is 0 Å². The monoisotopic (exact) mass is 304 g/mol. The fourth-order valence-corrected chi connectivity index (χ4v) is 7.49. The van der Waals surface area contributed by atoms with Crippen LogP contribution in [0.4, 0.5) is 0 Å². The largest absolute Gasteiger partial charge is 0.393 e. The first-order chi connectivity index (χ1) is 10.4. The minimum Gasteiger partial charge on any atom is -0.393 e. The molecule has 1 unspecified atom stereocenters. The fourth-order valence-electron chi connectivity index (χ4n) is 7.49. The first kappa shape index (κ1) is 15.2. The number of fused-ring (bicyclic) bond motifs is 5. The highest BCUT2D eigenvalue weighted by Gasteiger charge is 2.61. The molecule has 0 radical (unpaired) electrons. The molecule has 4 aliphatic rings. The van der Waals surface area contributed by atoms with E-state index in [0.29, 0.717) is 29.0 Å². The minimum absolute atomic E-state index is 0.00172. The Kier molecular flexibility index (Phi) is 3.32. The van der Waals surface area contributed by atoms with Crippen LogP contribution in [0.1, 0.15) is 72.1 Å². The van der Waals surface area contributed by atoms with E-state index in [1.807, 2.05) is 0 Å². The first-order valence-corrected chi connectivity index (χ1v) is 9.57. The Labute approximate surface area is 135 Å². The van der Waals surface area contributed by atoms with Crippen molar-refractivity contribution in [2.75, 3.05) is 0 Å². The van der Waals surface area contributed by atoms with Gasteiger partial charge in [0.1, 0.15) is 5.78 Å². The van der Waals surface area contributed by atoms with Crippen molar-refractivity contribution in [2.24, 2.45) is 40.4 Å². The molecule has 22 heavy (non-hydrogen) atoms. The number of ketones is 1. The minimum atomic E-state index is -0.0704. The molecule has 4 aliphatic carbocycles. The number of hydrogen-bond donors (Lipinski definition) is 1. The number of carbonyl (C=O) groups is 1. The maximum atomic E-state index is 12.5. The third kappa shape index (κ3) is 1.85. The Morgan fingerprint density at radius 2 is 1.77 bits per heavy atom. The lowest BCUT2D eigenvalue weighted by atomic mass is 9.43. The zero-order valence-corrected chi connectivity index (χ0v) is 14.5. The molecule has 4 rings (SSSR count). The van der Waals surface area contributed by atoms with E-state index in [1.165, 1.54) is 19.3 Å². The lowest BCUT2D eigenvalue weighted by Crippen LogP contribution is -2.56. The summed E-state index contributed by atoms with van der Waals surface area (Å²) in [6.45, 7) is 7.21. The van der Waals surface area contributed by atoms with E-state index in [2.05, 4.69) is 20.8 Å². The Bertz CT molecular complexity index is 486. The molecule has 0 heterocycles. The highest BCUT2D eigenvalue weighted by Crippen LogP contribution is 2.66. The van der Waals surface area contributed by atoms with E-state index >= 15 is 0 Å². The average molecular weight is 304 g/mol. The van der Waals surface area contributed by atoms with Crippen LogP contribution in [0.15, 0.2) is 0 Å². The Hall–Kier alpha value is -0.370. The molecule has 0 saturated heterocycles. The summed E-state index contributed by atoms with van der Waals surface area (Å²) >= 11 is 0. The lowest BCUT2D eigenvalue weighted by molar-refractivity contribution is -0.152. The highest BCUT2D eigenvalue weighted by molar-refractivity contribution is 5.87. The van der Waals surface area contributed by atoms with E-state index in [9.17, 15) is 9.90 Å². The van der Waals surface area contributed by atoms with Gasteiger partial charge in [-0.1, -0.05) is 20.8 Å². The van der Waals surface area contributed by atoms with Crippen LogP contribution >= 0.6 is 0 Å². The van der Waals surface area contributed by atoms with Gasteiger partial charge in [0.25, 0.3) is 0 Å². The second kappa shape index (κ2) is 4.82. The van der Waals surface area contributed by atoms with E-state index in [-0.39, 0.29) is 11.5 Å². The van der Waals surface area contributed by atoms with Crippen molar-refractivity contribution in [3.05, 3.63) is 0 Å². The van der Waals surface area contributed by atoms with Crippen molar-refractivity contribution in [1.29, 1.82) is 0 Å². The van der Waals surface area contributed by atoms with Gasteiger partial charge in [-0.2, -0.15) is 0 Å². The van der Waals surface area contributed by atoms with Crippen molar-refractivity contribution in [2.45, 2.75) is 78.2 Å². The average Bonchev–Trinajstić information content (AvgIpc) is 2.77. The van der Waals surface area contributed by atoms with E-state index < -0.39 is 0 Å². The smallest absolute Gasteiger partial charge is 0.139 e. The third-order valence-electron chi connectivity index (χ3n) is 8.71. The van der Waals surface area contributed by atoms with Gasteiger partial charge >= 0.3 is 0 Å². The molecule has 1 N–H and O–H groups in total. The Morgan fingerprint density at radius 3 is 2.55 bits per heavy atom. The molecule has 0 aromatic carbocycles. The van der Waals surface area contributed by atoms with Crippen LogP contribution in [0.5, 0.6) is 0 Å². The summed E-state index contributed by atoms with van der Waals surface area (Å²) in [4.78, 5) is 12.5. The van der Waals surface area contributed by atoms with E-state index in [1.54, 1.807) is 0 Å². The molecule has 124 valence electrons. The summed E-state index contributed by atoms with van der Waals surface area (Å²) < 4.78 is 0.